The minimum Gasteiger partial charge on any atom is -0.497 e. The number of nitrogens with zero attached hydrogens (tertiary/aromatic N) is 1. The molecule has 30 heavy (non-hydrogen) atoms. The molecule has 0 saturated carbocycles. The van der Waals surface area contributed by atoms with Gasteiger partial charge in [-0.15, -0.1) is 0 Å². The fourth-order valence-electron chi connectivity index (χ4n) is 4.25. The van der Waals surface area contributed by atoms with Crippen molar-refractivity contribution in [3.05, 3.63) is 57.5 Å². The first kappa shape index (κ1) is 20.4. The molecular weight excluding hydrogens is 404 g/mol. The molecule has 1 aromatic heterocycles. The molecule has 1 aromatic carbocycles. The van der Waals surface area contributed by atoms with E-state index in [2.05, 4.69) is 10.3 Å². The molecule has 1 N–H and O–H groups in total. The van der Waals surface area contributed by atoms with Gasteiger partial charge in [-0.2, -0.15) is 0 Å². The number of ether oxygens (including phenoxy) is 2. The number of rotatable bonds is 4. The van der Waals surface area contributed by atoms with Crippen LogP contribution in [-0.2, 0) is 14.3 Å². The molecule has 2 heterocycles. The topological polar surface area (TPSA) is 77.5 Å². The van der Waals surface area contributed by atoms with Gasteiger partial charge in [-0.3, -0.25) is 4.79 Å². The lowest BCUT2D eigenvalue weighted by Gasteiger charge is -2.34. The van der Waals surface area contributed by atoms with Crippen molar-refractivity contribution >= 4 is 34.3 Å². The fraction of sp³-hybridized carbons (Fsp3) is 0.348. The number of benzene rings is 1. The number of halogens is 1. The summed E-state index contributed by atoms with van der Waals surface area (Å²) in [6.07, 6.45) is 1.97. The molecule has 0 fully saturated rings. The molecule has 1 aliphatic heterocycles. The van der Waals surface area contributed by atoms with Gasteiger partial charge in [-0.25, -0.2) is 9.78 Å². The minimum absolute atomic E-state index is 0.0184. The smallest absolute Gasteiger partial charge is 0.336 e. The summed E-state index contributed by atoms with van der Waals surface area (Å²) in [4.78, 5) is 30.4. The Morgan fingerprint density at radius 2 is 2.10 bits per heavy atom. The van der Waals surface area contributed by atoms with Crippen LogP contribution in [-0.4, -0.2) is 30.5 Å². The minimum atomic E-state index is -0.622. The fourth-order valence-corrected chi connectivity index (χ4v) is 4.51. The molecule has 6 nitrogen and oxygen atoms in total. The summed E-state index contributed by atoms with van der Waals surface area (Å²) < 4.78 is 10.7. The Morgan fingerprint density at radius 1 is 1.30 bits per heavy atom. The molecule has 2 aliphatic rings. The number of Topliss-reactive ketones (excluding diaryl/α,β-unsaturated/α-hetero) is 1. The number of nitrogens with one attached hydrogen (secondary N) is 1. The second-order valence-corrected chi connectivity index (χ2v) is 7.77. The summed E-state index contributed by atoms with van der Waals surface area (Å²) in [7, 11) is 1.60. The van der Waals surface area contributed by atoms with E-state index in [1.54, 1.807) is 14.0 Å². The van der Waals surface area contributed by atoms with Crippen LogP contribution < -0.4 is 10.1 Å². The zero-order valence-corrected chi connectivity index (χ0v) is 17.9. The third-order valence-electron chi connectivity index (χ3n) is 5.58. The van der Waals surface area contributed by atoms with Crippen molar-refractivity contribution in [2.24, 2.45) is 0 Å². The van der Waals surface area contributed by atoms with E-state index in [-0.39, 0.29) is 17.5 Å². The average Bonchev–Trinajstić information content (AvgIpc) is 2.72. The first-order valence-corrected chi connectivity index (χ1v) is 10.4. The molecule has 0 spiro atoms. The van der Waals surface area contributed by atoms with Gasteiger partial charge in [0.25, 0.3) is 0 Å². The number of carbonyl (C=O) groups excluding carboxylic acids is 2. The summed E-state index contributed by atoms with van der Waals surface area (Å²) in [6, 6.07) is 7.40. The first-order chi connectivity index (χ1) is 14.4. The predicted octanol–water partition coefficient (Wildman–Crippen LogP) is 4.43. The molecule has 1 atom stereocenters. The standard InChI is InChI=1S/C23H23ClN2O4/c1-4-30-23(28)19-12(2)25-17-6-5-7-18(27)21(17)20(19)15-11-13-10-14(29-3)8-9-16(13)26-22(15)24/h8-11,20,25H,4-7H2,1-3H3. The van der Waals surface area contributed by atoms with Gasteiger partial charge in [0.1, 0.15) is 10.9 Å². The maximum atomic E-state index is 13.0. The SMILES string of the molecule is CCOC(=O)C1=C(C)NC2=C(C(=O)CCC2)C1c1cc2cc(OC)ccc2nc1Cl. The maximum absolute atomic E-state index is 13.0. The Bertz CT molecular complexity index is 1120. The molecule has 1 unspecified atom stereocenters. The third kappa shape index (κ3) is 3.45. The number of fused-ring (bicyclic) bond motifs is 1. The second-order valence-electron chi connectivity index (χ2n) is 7.41. The van der Waals surface area contributed by atoms with Crippen molar-refractivity contribution in [1.82, 2.24) is 10.3 Å². The number of carbonyl (C=O) groups is 2. The number of dihydropyridines is 1. The zero-order chi connectivity index (χ0) is 21.4. The summed E-state index contributed by atoms with van der Waals surface area (Å²) in [6.45, 7) is 3.82. The van der Waals surface area contributed by atoms with E-state index in [0.29, 0.717) is 40.1 Å². The van der Waals surface area contributed by atoms with Crippen LogP contribution in [0.25, 0.3) is 10.9 Å². The molecule has 0 amide bonds. The highest BCUT2D eigenvalue weighted by Crippen LogP contribution is 2.45. The maximum Gasteiger partial charge on any atom is 0.336 e. The Morgan fingerprint density at radius 3 is 2.83 bits per heavy atom. The lowest BCUT2D eigenvalue weighted by molar-refractivity contribution is -0.138. The van der Waals surface area contributed by atoms with Gasteiger partial charge in [0.2, 0.25) is 0 Å². The van der Waals surface area contributed by atoms with Crippen LogP contribution in [0.2, 0.25) is 5.15 Å². The van der Waals surface area contributed by atoms with Crippen LogP contribution in [0.3, 0.4) is 0 Å². The Kier molecular flexibility index (Phi) is 5.52. The monoisotopic (exact) mass is 426 g/mol. The summed E-state index contributed by atoms with van der Waals surface area (Å²) >= 11 is 6.61. The van der Waals surface area contributed by atoms with Crippen LogP contribution >= 0.6 is 11.6 Å². The molecule has 156 valence electrons. The third-order valence-corrected chi connectivity index (χ3v) is 5.89. The van der Waals surface area contributed by atoms with Crippen LogP contribution in [0.1, 0.15) is 44.6 Å². The molecular formula is C23H23ClN2O4. The van der Waals surface area contributed by atoms with Crippen molar-refractivity contribution < 1.29 is 19.1 Å². The van der Waals surface area contributed by atoms with Crippen LogP contribution in [0.4, 0.5) is 0 Å². The normalized spacial score (nSPS) is 18.9. The van der Waals surface area contributed by atoms with Gasteiger partial charge < -0.3 is 14.8 Å². The lowest BCUT2D eigenvalue weighted by atomic mass is 9.75. The molecule has 7 heteroatoms. The number of aromatic nitrogens is 1. The van der Waals surface area contributed by atoms with Gasteiger partial charge in [-0.1, -0.05) is 11.6 Å². The van der Waals surface area contributed by atoms with Crippen molar-refractivity contribution in [2.75, 3.05) is 13.7 Å². The van der Waals surface area contributed by atoms with Crippen LogP contribution in [0.15, 0.2) is 46.8 Å². The van der Waals surface area contributed by atoms with Gasteiger partial charge in [0.15, 0.2) is 5.78 Å². The van der Waals surface area contributed by atoms with E-state index in [1.165, 1.54) is 0 Å². The van der Waals surface area contributed by atoms with Crippen LogP contribution in [0, 0.1) is 0 Å². The first-order valence-electron chi connectivity index (χ1n) is 10.00. The van der Waals surface area contributed by atoms with E-state index in [9.17, 15) is 9.59 Å². The number of ketones is 1. The molecule has 4 rings (SSSR count). The van der Waals surface area contributed by atoms with E-state index < -0.39 is 11.9 Å². The lowest BCUT2D eigenvalue weighted by Crippen LogP contribution is -2.34. The largest absolute Gasteiger partial charge is 0.497 e. The predicted molar refractivity (Wildman–Crippen MR) is 114 cm³/mol. The van der Waals surface area contributed by atoms with Crippen LogP contribution in [0.5, 0.6) is 5.75 Å². The molecule has 0 saturated heterocycles. The summed E-state index contributed by atoms with van der Waals surface area (Å²) in [5.41, 5.74) is 3.83. The van der Waals surface area contributed by atoms with Gasteiger partial charge in [-0.05, 0) is 51.0 Å². The number of esters is 1. The van der Waals surface area contributed by atoms with E-state index >= 15 is 0 Å². The van der Waals surface area contributed by atoms with E-state index in [1.807, 2.05) is 31.2 Å². The molecule has 1 aliphatic carbocycles. The number of hydrogen-bond acceptors (Lipinski definition) is 6. The van der Waals surface area contributed by atoms with Crippen molar-refractivity contribution in [3.63, 3.8) is 0 Å². The second kappa shape index (κ2) is 8.11. The highest BCUT2D eigenvalue weighted by atomic mass is 35.5. The van der Waals surface area contributed by atoms with Crippen molar-refractivity contribution in [3.8, 4) is 5.75 Å². The summed E-state index contributed by atoms with van der Waals surface area (Å²) in [5, 5.41) is 4.35. The summed E-state index contributed by atoms with van der Waals surface area (Å²) in [5.74, 6) is -0.373. The number of pyridine rings is 1. The Balaban J connectivity index is 1.96. The average molecular weight is 427 g/mol. The van der Waals surface area contributed by atoms with Gasteiger partial charge in [0, 0.05) is 34.3 Å². The highest BCUT2D eigenvalue weighted by molar-refractivity contribution is 6.31. The number of hydrogen-bond donors (Lipinski definition) is 1. The van der Waals surface area contributed by atoms with Crippen molar-refractivity contribution in [2.45, 2.75) is 39.0 Å². The van der Waals surface area contributed by atoms with E-state index in [4.69, 9.17) is 21.1 Å². The Hall–Kier alpha value is -2.86. The highest BCUT2D eigenvalue weighted by Gasteiger charge is 2.40. The quantitative estimate of drug-likeness (QED) is 0.575. The van der Waals surface area contributed by atoms with Gasteiger partial charge >= 0.3 is 5.97 Å². The molecule has 0 bridgehead atoms. The van der Waals surface area contributed by atoms with E-state index in [0.717, 1.165) is 23.9 Å². The number of allylic oxidation sites excluding steroid dienone is 3. The number of methoxy groups -OCH3 is 1. The Labute approximate surface area is 179 Å². The van der Waals surface area contributed by atoms with Gasteiger partial charge in [0.05, 0.1) is 30.7 Å². The van der Waals surface area contributed by atoms with Crippen molar-refractivity contribution in [1.29, 1.82) is 0 Å². The zero-order valence-electron chi connectivity index (χ0n) is 17.2. The molecule has 2 aromatic rings. The molecule has 0 radical (unpaired) electrons.